The summed E-state index contributed by atoms with van der Waals surface area (Å²) in [5.74, 6) is -58.7. The highest BCUT2D eigenvalue weighted by atomic mass is 19.4. The van der Waals surface area contributed by atoms with E-state index < -0.39 is 80.0 Å². The Morgan fingerprint density at radius 1 is 0.690 bits per heavy atom. The van der Waals surface area contributed by atoms with Crippen LogP contribution in [-0.2, 0) is 11.3 Å². The molecule has 0 N–H and O–H groups in total. The number of rotatable bonds is 10. The zero-order chi connectivity index (χ0) is 32.3. The molecule has 2 aliphatic heterocycles. The Labute approximate surface area is 223 Å². The fraction of sp³-hybridized carbons (Fsp3) is 0.667. The summed E-state index contributed by atoms with van der Waals surface area (Å²) in [7, 11) is 0. The average Bonchev–Trinajstić information content (AvgIpc) is 3.35. The largest absolute Gasteiger partial charge is 0.454 e. The standard InChI is InChI=1S/C21H16F16N2O3/c22-13(23)15(24,25)17(28,29)19(32,33)21(36,37)20(34,35)18(30,31)16(26,27)14(40)39-5-3-38(4-6-39)8-10-1-2-11-12(7-10)42-9-41-11/h1-2,7,13H,3-6,8-9H2. The fourth-order valence-corrected chi connectivity index (χ4v) is 3.87. The number of carbonyl (C=O) groups is 1. The Morgan fingerprint density at radius 3 is 1.69 bits per heavy atom. The number of piperazine rings is 1. The molecule has 0 bridgehead atoms. The molecule has 0 unspecified atom stereocenters. The van der Waals surface area contributed by atoms with Crippen LogP contribution in [0.1, 0.15) is 5.56 Å². The van der Waals surface area contributed by atoms with E-state index in [9.17, 15) is 75.0 Å². The topological polar surface area (TPSA) is 42.0 Å². The molecule has 42 heavy (non-hydrogen) atoms. The molecule has 0 saturated carbocycles. The minimum Gasteiger partial charge on any atom is -0.454 e. The van der Waals surface area contributed by atoms with Crippen molar-refractivity contribution >= 4 is 5.91 Å². The summed E-state index contributed by atoms with van der Waals surface area (Å²) in [5, 5.41) is 0. The molecule has 1 aromatic rings. The van der Waals surface area contributed by atoms with Crippen molar-refractivity contribution in [3.8, 4) is 11.5 Å². The lowest BCUT2D eigenvalue weighted by Gasteiger charge is -2.43. The number of carbonyl (C=O) groups excluding carboxylic acids is 1. The molecule has 0 spiro atoms. The Balaban J connectivity index is 1.79. The van der Waals surface area contributed by atoms with Gasteiger partial charge in [-0.3, -0.25) is 9.69 Å². The van der Waals surface area contributed by atoms with Gasteiger partial charge in [-0.05, 0) is 17.7 Å². The van der Waals surface area contributed by atoms with Gasteiger partial charge in [0.25, 0.3) is 5.91 Å². The SMILES string of the molecule is O=C(N1CCN(Cc2ccc3c(c2)OCO3)CC1)C(F)(F)C(F)(F)C(F)(F)C(F)(F)C(F)(F)C(F)(F)C(F)(F)C(F)F. The zero-order valence-corrected chi connectivity index (χ0v) is 20.2. The second kappa shape index (κ2) is 10.4. The third-order valence-corrected chi connectivity index (χ3v) is 6.44. The first-order valence-electron chi connectivity index (χ1n) is 11.2. The quantitative estimate of drug-likeness (QED) is 0.303. The molecule has 0 atom stereocenters. The van der Waals surface area contributed by atoms with Crippen LogP contribution in [0.2, 0.25) is 0 Å². The molecule has 2 aliphatic rings. The molecule has 0 radical (unpaired) electrons. The molecule has 0 aliphatic carbocycles. The van der Waals surface area contributed by atoms with E-state index in [0.717, 1.165) is 0 Å². The number of hydrogen-bond donors (Lipinski definition) is 0. The van der Waals surface area contributed by atoms with Crippen molar-refractivity contribution in [1.29, 1.82) is 0 Å². The van der Waals surface area contributed by atoms with Crippen LogP contribution in [0.15, 0.2) is 18.2 Å². The number of benzene rings is 1. The Morgan fingerprint density at radius 2 is 1.17 bits per heavy atom. The van der Waals surface area contributed by atoms with Gasteiger partial charge < -0.3 is 14.4 Å². The summed E-state index contributed by atoms with van der Waals surface area (Å²) < 4.78 is 227. The summed E-state index contributed by atoms with van der Waals surface area (Å²) in [6, 6.07) is 4.55. The molecule has 1 aromatic carbocycles. The smallest absolute Gasteiger partial charge is 0.392 e. The van der Waals surface area contributed by atoms with Crippen LogP contribution in [0.4, 0.5) is 70.2 Å². The Hall–Kier alpha value is -2.87. The number of halogens is 16. The number of nitrogens with zero attached hydrogens (tertiary/aromatic N) is 2. The monoisotopic (exact) mass is 648 g/mol. The van der Waals surface area contributed by atoms with Crippen molar-refractivity contribution in [3.63, 3.8) is 0 Å². The minimum atomic E-state index is -8.54. The average molecular weight is 648 g/mol. The maximum atomic E-state index is 14.3. The first-order valence-corrected chi connectivity index (χ1v) is 11.2. The van der Waals surface area contributed by atoms with Gasteiger partial charge in [-0.1, -0.05) is 6.07 Å². The van der Waals surface area contributed by atoms with Crippen molar-refractivity contribution < 1.29 is 84.5 Å². The van der Waals surface area contributed by atoms with Crippen LogP contribution >= 0.6 is 0 Å². The van der Waals surface area contributed by atoms with E-state index in [-0.39, 0.29) is 18.2 Å². The Bertz CT molecular complexity index is 1170. The lowest BCUT2D eigenvalue weighted by Crippen LogP contribution is -2.75. The minimum absolute atomic E-state index is 0.0298. The van der Waals surface area contributed by atoms with Crippen molar-refractivity contribution in [3.05, 3.63) is 23.8 Å². The number of alkyl halides is 16. The van der Waals surface area contributed by atoms with Gasteiger partial charge in [0.15, 0.2) is 11.5 Å². The molecular formula is C21H16F16N2O3. The van der Waals surface area contributed by atoms with E-state index in [4.69, 9.17) is 9.47 Å². The van der Waals surface area contributed by atoms with Crippen LogP contribution in [0.25, 0.3) is 0 Å². The summed E-state index contributed by atoms with van der Waals surface area (Å²) in [4.78, 5) is 13.2. The normalized spacial score (nSPS) is 18.2. The zero-order valence-electron chi connectivity index (χ0n) is 20.2. The van der Waals surface area contributed by atoms with Crippen molar-refractivity contribution in [2.24, 2.45) is 0 Å². The molecule has 5 nitrogen and oxygen atoms in total. The third-order valence-electron chi connectivity index (χ3n) is 6.44. The predicted molar refractivity (Wildman–Crippen MR) is 105 cm³/mol. The van der Waals surface area contributed by atoms with E-state index in [1.165, 1.54) is 17.0 Å². The molecule has 1 amide bonds. The number of hydrogen-bond acceptors (Lipinski definition) is 4. The maximum Gasteiger partial charge on any atom is 0.392 e. The fourth-order valence-electron chi connectivity index (χ4n) is 3.87. The Kier molecular flexibility index (Phi) is 8.32. The highest BCUT2D eigenvalue weighted by molar-refractivity contribution is 5.85. The molecule has 3 rings (SSSR count). The van der Waals surface area contributed by atoms with Crippen LogP contribution in [0, 0.1) is 0 Å². The molecule has 240 valence electrons. The maximum absolute atomic E-state index is 14.3. The summed E-state index contributed by atoms with van der Waals surface area (Å²) in [6.45, 7) is -2.76. The lowest BCUT2D eigenvalue weighted by atomic mass is 9.89. The second-order valence-corrected chi connectivity index (χ2v) is 9.13. The van der Waals surface area contributed by atoms with Gasteiger partial charge in [0.1, 0.15) is 0 Å². The van der Waals surface area contributed by atoms with Crippen LogP contribution in [0.5, 0.6) is 11.5 Å². The van der Waals surface area contributed by atoms with Gasteiger partial charge in [0.2, 0.25) is 6.79 Å². The number of fused-ring (bicyclic) bond motifs is 1. The van der Waals surface area contributed by atoms with E-state index in [0.29, 0.717) is 17.1 Å². The lowest BCUT2D eigenvalue weighted by molar-refractivity contribution is -0.444. The predicted octanol–water partition coefficient (Wildman–Crippen LogP) is 5.77. The second-order valence-electron chi connectivity index (χ2n) is 9.13. The number of amides is 1. The van der Waals surface area contributed by atoms with Crippen LogP contribution in [-0.4, -0.2) is 96.6 Å². The molecular weight excluding hydrogens is 632 g/mol. The molecule has 2 heterocycles. The third kappa shape index (κ3) is 4.83. The first kappa shape index (κ1) is 33.6. The van der Waals surface area contributed by atoms with Crippen molar-refractivity contribution in [2.45, 2.75) is 54.4 Å². The van der Waals surface area contributed by atoms with E-state index in [1.807, 2.05) is 0 Å². The van der Waals surface area contributed by atoms with Crippen LogP contribution in [0.3, 0.4) is 0 Å². The van der Waals surface area contributed by atoms with Gasteiger partial charge in [-0.25, -0.2) is 8.78 Å². The van der Waals surface area contributed by atoms with E-state index >= 15 is 0 Å². The molecule has 1 fully saturated rings. The molecule has 1 saturated heterocycles. The molecule has 0 aromatic heterocycles. The summed E-state index contributed by atoms with van der Waals surface area (Å²) in [5.41, 5.74) is 0.535. The molecule has 21 heteroatoms. The van der Waals surface area contributed by atoms with Crippen molar-refractivity contribution in [2.75, 3.05) is 33.0 Å². The van der Waals surface area contributed by atoms with Gasteiger partial charge in [0.05, 0.1) is 0 Å². The van der Waals surface area contributed by atoms with Gasteiger partial charge >= 0.3 is 47.9 Å². The van der Waals surface area contributed by atoms with E-state index in [2.05, 4.69) is 0 Å². The first-order chi connectivity index (χ1) is 18.9. The highest BCUT2D eigenvalue weighted by Crippen LogP contribution is 2.62. The van der Waals surface area contributed by atoms with Crippen LogP contribution < -0.4 is 9.47 Å². The van der Waals surface area contributed by atoms with Gasteiger partial charge in [0, 0.05) is 32.7 Å². The van der Waals surface area contributed by atoms with Gasteiger partial charge in [-0.2, -0.15) is 61.5 Å². The highest BCUT2D eigenvalue weighted by Gasteiger charge is 2.94. The summed E-state index contributed by atoms with van der Waals surface area (Å²) >= 11 is 0. The van der Waals surface area contributed by atoms with E-state index in [1.54, 1.807) is 6.07 Å². The van der Waals surface area contributed by atoms with Gasteiger partial charge in [-0.15, -0.1) is 0 Å². The number of ether oxygens (including phenoxy) is 2. The van der Waals surface area contributed by atoms with Crippen molar-refractivity contribution in [1.82, 2.24) is 9.80 Å². The summed E-state index contributed by atoms with van der Waals surface area (Å²) in [6.07, 6.45) is -5.92.